The number of halogens is 6. The van der Waals surface area contributed by atoms with E-state index in [0.29, 0.717) is 0 Å². The number of nitrogens with two attached hydrogens (primary N) is 1. The number of ether oxygens (including phenoxy) is 2. The second-order valence-corrected chi connectivity index (χ2v) is 8.30. The summed E-state index contributed by atoms with van der Waals surface area (Å²) in [7, 11) is 1.07. The van der Waals surface area contributed by atoms with E-state index < -0.39 is 58.8 Å². The van der Waals surface area contributed by atoms with Crippen LogP contribution in [0.2, 0.25) is 0 Å². The van der Waals surface area contributed by atoms with E-state index in [1.54, 1.807) is 0 Å². The molecule has 1 aromatic heterocycles. The molecule has 12 heteroatoms. The van der Waals surface area contributed by atoms with Gasteiger partial charge >= 0.3 is 6.18 Å². The fourth-order valence-electron chi connectivity index (χ4n) is 4.51. The fraction of sp³-hybridized carbons (Fsp3) is 0.364. The van der Waals surface area contributed by atoms with Crippen molar-refractivity contribution in [1.82, 2.24) is 9.97 Å². The van der Waals surface area contributed by atoms with E-state index in [1.165, 1.54) is 13.0 Å². The smallest absolute Gasteiger partial charge is 0.417 e. The van der Waals surface area contributed by atoms with Gasteiger partial charge in [-0.15, -0.1) is 0 Å². The van der Waals surface area contributed by atoms with Crippen molar-refractivity contribution in [3.8, 4) is 5.75 Å². The Morgan fingerprint density at radius 3 is 2.41 bits per heavy atom. The number of benzene rings is 2. The highest BCUT2D eigenvalue weighted by Gasteiger charge is 2.65. The number of nitrogen functional groups attached to an aromatic ring is 1. The lowest BCUT2D eigenvalue weighted by Crippen LogP contribution is -2.46. The van der Waals surface area contributed by atoms with Gasteiger partial charge < -0.3 is 20.2 Å². The topological polar surface area (TPSA) is 97.0 Å². The van der Waals surface area contributed by atoms with Gasteiger partial charge in [0, 0.05) is 17.4 Å². The van der Waals surface area contributed by atoms with Crippen LogP contribution in [0.3, 0.4) is 0 Å². The lowest BCUT2D eigenvalue weighted by Gasteiger charge is -2.32. The number of hydrogen-bond acceptors (Lipinski definition) is 4. The molecule has 0 amide bonds. The summed E-state index contributed by atoms with van der Waals surface area (Å²) < 4.78 is 95.5. The summed E-state index contributed by atoms with van der Waals surface area (Å²) in [4.78, 5) is 7.01. The van der Waals surface area contributed by atoms with E-state index in [0.717, 1.165) is 32.2 Å². The Kier molecular flexibility index (Phi) is 5.54. The second-order valence-electron chi connectivity index (χ2n) is 8.30. The summed E-state index contributed by atoms with van der Waals surface area (Å²) in [6, 6.07) is 4.26. The van der Waals surface area contributed by atoms with Crippen molar-refractivity contribution in [3.05, 3.63) is 58.7 Å². The molecule has 4 rings (SSSR count). The van der Waals surface area contributed by atoms with Gasteiger partial charge in [-0.05, 0) is 25.1 Å². The predicted octanol–water partition coefficient (Wildman–Crippen LogP) is 5.09. The standard InChI is InChI=1S/C22H20F6N4O2/c1-8-13(9-4-5-11(24)15(25)17(9)33-3)18(34-21(8,2)22(26,27)28)20-31-12-7-6-10(23)14(19(29)30)16(12)32-20/h4-8,13,18H,1-3H3,(H3,29,30)(H,31,32)/t8-,13-,18+,21+/m0/s1. The predicted molar refractivity (Wildman–Crippen MR) is 110 cm³/mol. The zero-order valence-electron chi connectivity index (χ0n) is 18.2. The van der Waals surface area contributed by atoms with Crippen LogP contribution in [-0.4, -0.2) is 34.7 Å². The van der Waals surface area contributed by atoms with Gasteiger partial charge in [0.1, 0.15) is 29.1 Å². The van der Waals surface area contributed by atoms with E-state index in [1.807, 2.05) is 0 Å². The normalized spacial score (nSPS) is 25.1. The molecule has 0 saturated carbocycles. The number of rotatable bonds is 4. The van der Waals surface area contributed by atoms with Gasteiger partial charge in [-0.3, -0.25) is 5.41 Å². The van der Waals surface area contributed by atoms with Crippen LogP contribution < -0.4 is 10.5 Å². The lowest BCUT2D eigenvalue weighted by atomic mass is 9.77. The lowest BCUT2D eigenvalue weighted by molar-refractivity contribution is -0.275. The first-order valence-corrected chi connectivity index (χ1v) is 10.1. The number of nitrogens with one attached hydrogen (secondary N) is 2. The second kappa shape index (κ2) is 7.90. The molecule has 0 radical (unpaired) electrons. The van der Waals surface area contributed by atoms with Crippen molar-refractivity contribution < 1.29 is 35.8 Å². The van der Waals surface area contributed by atoms with Gasteiger partial charge in [-0.1, -0.05) is 13.0 Å². The third kappa shape index (κ3) is 3.39. The highest BCUT2D eigenvalue weighted by molar-refractivity contribution is 6.05. The van der Waals surface area contributed by atoms with E-state index in [-0.39, 0.29) is 28.0 Å². The monoisotopic (exact) mass is 486 g/mol. The minimum absolute atomic E-state index is 0.0506. The van der Waals surface area contributed by atoms with Gasteiger partial charge in [-0.25, -0.2) is 13.8 Å². The van der Waals surface area contributed by atoms with Crippen molar-refractivity contribution in [3.63, 3.8) is 0 Å². The molecule has 4 atom stereocenters. The molecule has 3 aromatic rings. The SMILES string of the molecule is COc1c([C@H]2[C@H](c3nc4c(C(=N)N)c(F)ccc4[nH]3)O[C@@](C)(C(F)(F)F)[C@H]2C)ccc(F)c1F. The fourth-order valence-corrected chi connectivity index (χ4v) is 4.51. The number of fused-ring (bicyclic) bond motifs is 1. The van der Waals surface area contributed by atoms with Crippen LogP contribution in [0.15, 0.2) is 24.3 Å². The summed E-state index contributed by atoms with van der Waals surface area (Å²) >= 11 is 0. The number of nitrogens with zero attached hydrogens (tertiary/aromatic N) is 1. The summed E-state index contributed by atoms with van der Waals surface area (Å²) in [5, 5.41) is 7.64. The Morgan fingerprint density at radius 2 is 1.82 bits per heavy atom. The molecule has 182 valence electrons. The Morgan fingerprint density at radius 1 is 1.18 bits per heavy atom. The molecule has 1 fully saturated rings. The molecule has 34 heavy (non-hydrogen) atoms. The molecule has 1 aliphatic rings. The van der Waals surface area contributed by atoms with Crippen LogP contribution in [0.25, 0.3) is 11.0 Å². The Hall–Kier alpha value is -3.28. The van der Waals surface area contributed by atoms with E-state index >= 15 is 0 Å². The summed E-state index contributed by atoms with van der Waals surface area (Å²) in [6.07, 6.45) is -6.26. The number of hydrogen-bond donors (Lipinski definition) is 3. The average Bonchev–Trinajstić information content (AvgIpc) is 3.29. The number of aromatic nitrogens is 2. The third-order valence-corrected chi connectivity index (χ3v) is 6.47. The zero-order valence-corrected chi connectivity index (χ0v) is 18.2. The van der Waals surface area contributed by atoms with Gasteiger partial charge in [-0.2, -0.15) is 17.6 Å². The van der Waals surface area contributed by atoms with Crippen molar-refractivity contribution in [1.29, 1.82) is 5.41 Å². The van der Waals surface area contributed by atoms with Gasteiger partial charge in [0.2, 0.25) is 5.82 Å². The van der Waals surface area contributed by atoms with Crippen LogP contribution >= 0.6 is 0 Å². The van der Waals surface area contributed by atoms with Crippen LogP contribution in [-0.2, 0) is 4.74 Å². The molecule has 2 heterocycles. The van der Waals surface area contributed by atoms with E-state index in [4.69, 9.17) is 20.6 Å². The number of alkyl halides is 3. The summed E-state index contributed by atoms with van der Waals surface area (Å²) in [5.41, 5.74) is 2.53. The van der Waals surface area contributed by atoms with Crippen LogP contribution in [0.1, 0.15) is 42.8 Å². The first-order chi connectivity index (χ1) is 15.8. The minimum Gasteiger partial charge on any atom is -0.493 e. The van der Waals surface area contributed by atoms with Crippen molar-refractivity contribution in [2.24, 2.45) is 11.7 Å². The van der Waals surface area contributed by atoms with Gasteiger partial charge in [0.05, 0.1) is 18.2 Å². The first-order valence-electron chi connectivity index (χ1n) is 10.1. The van der Waals surface area contributed by atoms with Gasteiger partial charge in [0.25, 0.3) is 0 Å². The number of methoxy groups -OCH3 is 1. The molecule has 4 N–H and O–H groups in total. The van der Waals surface area contributed by atoms with Crippen molar-refractivity contribution in [2.75, 3.05) is 7.11 Å². The van der Waals surface area contributed by atoms with E-state index in [2.05, 4.69) is 9.97 Å². The number of aromatic amines is 1. The molecule has 0 spiro atoms. The quantitative estimate of drug-likeness (QED) is 0.272. The zero-order chi connectivity index (χ0) is 25.2. The summed E-state index contributed by atoms with van der Waals surface area (Å²) in [6.45, 7) is 2.14. The molecule has 1 saturated heterocycles. The highest BCUT2D eigenvalue weighted by atomic mass is 19.4. The highest BCUT2D eigenvalue weighted by Crippen LogP contribution is 2.59. The number of imidazole rings is 1. The van der Waals surface area contributed by atoms with Crippen molar-refractivity contribution >= 4 is 16.9 Å². The number of amidine groups is 1. The average molecular weight is 486 g/mol. The van der Waals surface area contributed by atoms with Gasteiger partial charge in [0.15, 0.2) is 17.2 Å². The molecule has 2 aromatic carbocycles. The maximum absolute atomic E-state index is 14.5. The third-order valence-electron chi connectivity index (χ3n) is 6.47. The van der Waals surface area contributed by atoms with E-state index in [9.17, 15) is 26.3 Å². The molecule has 0 bridgehead atoms. The molecule has 6 nitrogen and oxygen atoms in total. The van der Waals surface area contributed by atoms with Crippen molar-refractivity contribution in [2.45, 2.75) is 37.6 Å². The maximum Gasteiger partial charge on any atom is 0.417 e. The van der Waals surface area contributed by atoms with Crippen LogP contribution in [0.4, 0.5) is 26.3 Å². The maximum atomic E-state index is 14.5. The molecule has 0 unspecified atom stereocenters. The molecular weight excluding hydrogens is 466 g/mol. The molecular formula is C22H20F6N4O2. The van der Waals surface area contributed by atoms with Crippen LogP contribution in [0, 0.1) is 28.8 Å². The Balaban J connectivity index is 1.96. The summed E-state index contributed by atoms with van der Waals surface area (Å²) in [5.74, 6) is -7.21. The molecule has 0 aliphatic carbocycles. The molecule has 1 aliphatic heterocycles. The minimum atomic E-state index is -4.83. The largest absolute Gasteiger partial charge is 0.493 e. The first kappa shape index (κ1) is 23.9. The van der Waals surface area contributed by atoms with Crippen LogP contribution in [0.5, 0.6) is 5.75 Å². The Bertz CT molecular complexity index is 1290. The number of H-pyrrole nitrogens is 1. The Labute approximate surface area is 189 Å².